The number of pyridine rings is 1. The first-order chi connectivity index (χ1) is 8.24. The van der Waals surface area contributed by atoms with Crippen LogP contribution >= 0.6 is 0 Å². The Hall–Kier alpha value is -2.42. The van der Waals surface area contributed by atoms with Crippen LogP contribution in [0.3, 0.4) is 0 Å². The van der Waals surface area contributed by atoms with Crippen molar-refractivity contribution in [3.8, 4) is 6.07 Å². The summed E-state index contributed by atoms with van der Waals surface area (Å²) in [5.41, 5.74) is 0.338. The number of carbonyl (C=O) groups is 2. The Labute approximate surface area is 98.2 Å². The Morgan fingerprint density at radius 1 is 1.41 bits per heavy atom. The molecule has 0 aliphatic carbocycles. The van der Waals surface area contributed by atoms with Crippen molar-refractivity contribution in [2.24, 2.45) is 0 Å². The average molecular weight is 233 g/mol. The lowest BCUT2D eigenvalue weighted by atomic mass is 10.3. The molecule has 1 heterocycles. The molecule has 0 aliphatic rings. The van der Waals surface area contributed by atoms with Crippen LogP contribution in [0.15, 0.2) is 24.5 Å². The van der Waals surface area contributed by atoms with Crippen molar-refractivity contribution in [1.29, 1.82) is 5.26 Å². The zero-order chi connectivity index (χ0) is 12.5. The number of nitrogens with one attached hydrogen (secondary N) is 1. The Bertz CT molecular complexity index is 425. The van der Waals surface area contributed by atoms with Gasteiger partial charge in [0.05, 0.1) is 18.1 Å². The Morgan fingerprint density at radius 3 is 2.76 bits per heavy atom. The Morgan fingerprint density at radius 2 is 2.12 bits per heavy atom. The number of rotatable bonds is 5. The van der Waals surface area contributed by atoms with E-state index in [1.54, 1.807) is 0 Å². The van der Waals surface area contributed by atoms with Gasteiger partial charge >= 0.3 is 5.97 Å². The molecule has 0 saturated heterocycles. The highest BCUT2D eigenvalue weighted by molar-refractivity contribution is 5.91. The van der Waals surface area contributed by atoms with Gasteiger partial charge in [-0.15, -0.1) is 0 Å². The number of esters is 1. The molecule has 0 radical (unpaired) electrons. The van der Waals surface area contributed by atoms with Gasteiger partial charge in [0.15, 0.2) is 6.61 Å². The largest absolute Gasteiger partial charge is 0.452 e. The number of carbonyl (C=O) groups excluding carboxylic acids is 2. The molecule has 0 aromatic carbocycles. The molecule has 6 heteroatoms. The topological polar surface area (TPSA) is 92.1 Å². The monoisotopic (exact) mass is 233 g/mol. The number of ether oxygens (including phenoxy) is 1. The molecular formula is C11H11N3O3. The fraction of sp³-hybridized carbons (Fsp3) is 0.273. The lowest BCUT2D eigenvalue weighted by Crippen LogP contribution is -2.29. The number of amides is 1. The summed E-state index contributed by atoms with van der Waals surface area (Å²) in [5.74, 6) is -1.01. The van der Waals surface area contributed by atoms with Crippen LogP contribution in [0.25, 0.3) is 0 Å². The molecule has 1 aromatic rings. The number of nitriles is 1. The van der Waals surface area contributed by atoms with Gasteiger partial charge in [0, 0.05) is 18.9 Å². The summed E-state index contributed by atoms with van der Waals surface area (Å²) in [7, 11) is 0. The number of hydrogen-bond acceptors (Lipinski definition) is 5. The van der Waals surface area contributed by atoms with Gasteiger partial charge in [-0.2, -0.15) is 5.26 Å². The van der Waals surface area contributed by atoms with Gasteiger partial charge in [-0.05, 0) is 12.1 Å². The third-order valence-electron chi connectivity index (χ3n) is 1.81. The molecule has 6 nitrogen and oxygen atoms in total. The summed E-state index contributed by atoms with van der Waals surface area (Å²) in [6, 6.07) is 4.88. The van der Waals surface area contributed by atoms with Crippen LogP contribution in [0.2, 0.25) is 0 Å². The fourth-order valence-electron chi connectivity index (χ4n) is 1.01. The van der Waals surface area contributed by atoms with Gasteiger partial charge in [0.1, 0.15) is 0 Å². The van der Waals surface area contributed by atoms with E-state index in [1.165, 1.54) is 24.5 Å². The Balaban J connectivity index is 2.29. The van der Waals surface area contributed by atoms with Crippen LogP contribution < -0.4 is 5.32 Å². The second kappa shape index (κ2) is 6.95. The van der Waals surface area contributed by atoms with E-state index in [9.17, 15) is 9.59 Å². The van der Waals surface area contributed by atoms with Crippen molar-refractivity contribution in [3.63, 3.8) is 0 Å². The molecule has 88 valence electrons. The molecule has 0 atom stereocenters. The zero-order valence-electron chi connectivity index (χ0n) is 9.05. The summed E-state index contributed by atoms with van der Waals surface area (Å²) >= 11 is 0. The molecule has 0 fully saturated rings. The minimum absolute atomic E-state index is 0.226. The molecule has 1 aromatic heterocycles. The lowest BCUT2D eigenvalue weighted by Gasteiger charge is -2.04. The molecule has 0 spiro atoms. The molecule has 1 N–H and O–H groups in total. The minimum atomic E-state index is -0.581. The molecule has 0 unspecified atom stereocenters. The van der Waals surface area contributed by atoms with Crippen molar-refractivity contribution in [1.82, 2.24) is 10.3 Å². The van der Waals surface area contributed by atoms with Gasteiger partial charge in [0.2, 0.25) is 0 Å². The Kier molecular flexibility index (Phi) is 5.17. The maximum Gasteiger partial charge on any atom is 0.338 e. The number of nitrogens with zero attached hydrogens (tertiary/aromatic N) is 2. The van der Waals surface area contributed by atoms with Crippen molar-refractivity contribution in [2.75, 3.05) is 13.2 Å². The number of hydrogen-bond donors (Lipinski definition) is 1. The van der Waals surface area contributed by atoms with Gasteiger partial charge in [-0.3, -0.25) is 9.78 Å². The molecular weight excluding hydrogens is 222 g/mol. The van der Waals surface area contributed by atoms with Crippen molar-refractivity contribution >= 4 is 11.9 Å². The van der Waals surface area contributed by atoms with Crippen molar-refractivity contribution in [3.05, 3.63) is 30.1 Å². The molecule has 0 bridgehead atoms. The van der Waals surface area contributed by atoms with E-state index in [0.29, 0.717) is 5.56 Å². The van der Waals surface area contributed by atoms with E-state index in [-0.39, 0.29) is 19.6 Å². The summed E-state index contributed by atoms with van der Waals surface area (Å²) in [6.07, 6.45) is 3.15. The molecule has 1 rings (SSSR count). The van der Waals surface area contributed by atoms with Gasteiger partial charge in [0.25, 0.3) is 5.91 Å². The summed E-state index contributed by atoms with van der Waals surface area (Å²) in [5, 5.41) is 10.7. The van der Waals surface area contributed by atoms with Gasteiger partial charge in [-0.25, -0.2) is 4.79 Å². The summed E-state index contributed by atoms with van der Waals surface area (Å²) < 4.78 is 4.76. The average Bonchev–Trinajstić information content (AvgIpc) is 2.37. The van der Waals surface area contributed by atoms with E-state index in [4.69, 9.17) is 10.00 Å². The minimum Gasteiger partial charge on any atom is -0.452 e. The van der Waals surface area contributed by atoms with Crippen LogP contribution in [0, 0.1) is 11.3 Å². The van der Waals surface area contributed by atoms with Gasteiger partial charge in [-0.1, -0.05) is 0 Å². The maximum absolute atomic E-state index is 11.4. The van der Waals surface area contributed by atoms with E-state index in [2.05, 4.69) is 10.3 Å². The zero-order valence-corrected chi connectivity index (χ0v) is 9.05. The van der Waals surface area contributed by atoms with E-state index in [1.807, 2.05) is 6.07 Å². The third kappa shape index (κ3) is 4.75. The van der Waals surface area contributed by atoms with Gasteiger partial charge < -0.3 is 10.1 Å². The number of aromatic nitrogens is 1. The predicted octanol–water partition coefficient (Wildman–Crippen LogP) is 0.268. The van der Waals surface area contributed by atoms with E-state index >= 15 is 0 Å². The summed E-state index contributed by atoms with van der Waals surface area (Å²) in [6.45, 7) is -0.102. The smallest absolute Gasteiger partial charge is 0.338 e. The first-order valence-electron chi connectivity index (χ1n) is 4.95. The van der Waals surface area contributed by atoms with Crippen LogP contribution in [0.4, 0.5) is 0 Å². The van der Waals surface area contributed by atoms with Crippen LogP contribution in [0.5, 0.6) is 0 Å². The van der Waals surface area contributed by atoms with Crippen LogP contribution in [0.1, 0.15) is 16.8 Å². The second-order valence-corrected chi connectivity index (χ2v) is 3.07. The van der Waals surface area contributed by atoms with Crippen molar-refractivity contribution < 1.29 is 14.3 Å². The van der Waals surface area contributed by atoms with E-state index < -0.39 is 11.9 Å². The highest BCUT2D eigenvalue weighted by Crippen LogP contribution is 1.98. The standard InChI is InChI=1S/C11H11N3O3/c12-4-1-5-14-10(15)8-17-11(16)9-2-6-13-7-3-9/h2-3,6-7H,1,5,8H2,(H,14,15). The second-order valence-electron chi connectivity index (χ2n) is 3.07. The fourth-order valence-corrected chi connectivity index (χ4v) is 1.01. The first-order valence-corrected chi connectivity index (χ1v) is 4.95. The SMILES string of the molecule is N#CCCNC(=O)COC(=O)c1ccncc1. The van der Waals surface area contributed by atoms with Crippen LogP contribution in [-0.2, 0) is 9.53 Å². The van der Waals surface area contributed by atoms with Crippen LogP contribution in [-0.4, -0.2) is 30.0 Å². The van der Waals surface area contributed by atoms with E-state index in [0.717, 1.165) is 0 Å². The highest BCUT2D eigenvalue weighted by atomic mass is 16.5. The lowest BCUT2D eigenvalue weighted by molar-refractivity contribution is -0.124. The third-order valence-corrected chi connectivity index (χ3v) is 1.81. The molecule has 0 saturated carbocycles. The first kappa shape index (κ1) is 12.6. The maximum atomic E-state index is 11.4. The van der Waals surface area contributed by atoms with Crippen molar-refractivity contribution in [2.45, 2.75) is 6.42 Å². The summed E-state index contributed by atoms with van der Waals surface area (Å²) in [4.78, 5) is 26.3. The molecule has 1 amide bonds. The highest BCUT2D eigenvalue weighted by Gasteiger charge is 2.08. The normalized spacial score (nSPS) is 9.12. The quantitative estimate of drug-likeness (QED) is 0.582. The molecule has 17 heavy (non-hydrogen) atoms. The molecule has 0 aliphatic heterocycles. The predicted molar refractivity (Wildman–Crippen MR) is 57.8 cm³/mol.